The van der Waals surface area contributed by atoms with Gasteiger partial charge < -0.3 is 10.6 Å². The van der Waals surface area contributed by atoms with Crippen molar-refractivity contribution in [3.05, 3.63) is 59.7 Å². The van der Waals surface area contributed by atoms with E-state index in [0.29, 0.717) is 16.8 Å². The van der Waals surface area contributed by atoms with E-state index >= 15 is 0 Å². The Morgan fingerprint density at radius 2 is 1.59 bits per heavy atom. The molecule has 2 N–H and O–H groups in total. The summed E-state index contributed by atoms with van der Waals surface area (Å²) in [4.78, 5) is 24.2. The summed E-state index contributed by atoms with van der Waals surface area (Å²) in [5, 5.41) is 5.22. The van der Waals surface area contributed by atoms with E-state index in [-0.39, 0.29) is 16.8 Å². The second kappa shape index (κ2) is 8.32. The van der Waals surface area contributed by atoms with Gasteiger partial charge in [-0.05, 0) is 56.3 Å². The fourth-order valence-corrected chi connectivity index (χ4v) is 3.68. The second-order valence-electron chi connectivity index (χ2n) is 6.25. The molecular formula is C19H23N3O4S. The molecule has 8 heteroatoms. The summed E-state index contributed by atoms with van der Waals surface area (Å²) in [5.41, 5.74) is 1.21. The summed E-state index contributed by atoms with van der Waals surface area (Å²) in [7, 11) is -0.559. The smallest absolute Gasteiger partial charge is 0.255 e. The molecule has 7 nitrogen and oxygen atoms in total. The lowest BCUT2D eigenvalue weighted by atomic mass is 10.1. The summed E-state index contributed by atoms with van der Waals surface area (Å²) in [6.45, 7) is 3.57. The molecule has 2 rings (SSSR count). The zero-order chi connectivity index (χ0) is 20.2. The van der Waals surface area contributed by atoms with E-state index in [1.54, 1.807) is 38.1 Å². The zero-order valence-corrected chi connectivity index (χ0v) is 16.5. The van der Waals surface area contributed by atoms with Gasteiger partial charge in [0.05, 0.1) is 4.90 Å². The van der Waals surface area contributed by atoms with Gasteiger partial charge in [-0.2, -0.15) is 4.31 Å². The number of hydrogen-bond donors (Lipinski definition) is 2. The van der Waals surface area contributed by atoms with Crippen molar-refractivity contribution in [1.82, 2.24) is 9.62 Å². The van der Waals surface area contributed by atoms with Gasteiger partial charge >= 0.3 is 0 Å². The van der Waals surface area contributed by atoms with Crippen molar-refractivity contribution in [1.29, 1.82) is 0 Å². The minimum Gasteiger partial charge on any atom is -0.355 e. The number of anilines is 1. The standard InChI is InChI=1S/C19H23N3O4S/c1-13(2)22(4)27(25,26)17-10-8-14(9-11-17)19(24)21-16-7-5-6-15(12-16)18(23)20-3/h5-13H,1-4H3,(H,20,23)(H,21,24). The average molecular weight is 389 g/mol. The highest BCUT2D eigenvalue weighted by molar-refractivity contribution is 7.89. The van der Waals surface area contributed by atoms with Crippen molar-refractivity contribution < 1.29 is 18.0 Å². The van der Waals surface area contributed by atoms with Crippen LogP contribution in [-0.4, -0.2) is 44.7 Å². The molecule has 0 fully saturated rings. The molecule has 0 heterocycles. The molecule has 0 saturated heterocycles. The third kappa shape index (κ3) is 4.72. The number of carbonyl (C=O) groups excluding carboxylic acids is 2. The van der Waals surface area contributed by atoms with Crippen LogP contribution in [0.1, 0.15) is 34.6 Å². The number of nitrogens with zero attached hydrogens (tertiary/aromatic N) is 1. The van der Waals surface area contributed by atoms with E-state index in [9.17, 15) is 18.0 Å². The summed E-state index contributed by atoms with van der Waals surface area (Å²) in [6, 6.07) is 12.1. The molecule has 0 aliphatic heterocycles. The Kier molecular flexibility index (Phi) is 6.35. The van der Waals surface area contributed by atoms with E-state index in [2.05, 4.69) is 10.6 Å². The predicted octanol–water partition coefficient (Wildman–Crippen LogP) is 2.33. The zero-order valence-electron chi connectivity index (χ0n) is 15.7. The minimum absolute atomic E-state index is 0.122. The van der Waals surface area contributed by atoms with E-state index in [4.69, 9.17) is 0 Å². The van der Waals surface area contributed by atoms with Gasteiger partial charge in [0.1, 0.15) is 0 Å². The Morgan fingerprint density at radius 3 is 2.15 bits per heavy atom. The third-order valence-electron chi connectivity index (χ3n) is 4.13. The molecule has 0 radical (unpaired) electrons. The number of hydrogen-bond acceptors (Lipinski definition) is 4. The average Bonchev–Trinajstić information content (AvgIpc) is 2.66. The Labute approximate surface area is 159 Å². The van der Waals surface area contributed by atoms with Crippen molar-refractivity contribution in [2.24, 2.45) is 0 Å². The number of sulfonamides is 1. The Morgan fingerprint density at radius 1 is 0.963 bits per heavy atom. The van der Waals surface area contributed by atoms with Gasteiger partial charge in [0, 0.05) is 37.0 Å². The van der Waals surface area contributed by atoms with Crippen LogP contribution in [0.3, 0.4) is 0 Å². The molecule has 27 heavy (non-hydrogen) atoms. The quantitative estimate of drug-likeness (QED) is 0.793. The normalized spacial score (nSPS) is 11.5. The van der Waals surface area contributed by atoms with Gasteiger partial charge in [0.2, 0.25) is 10.0 Å². The highest BCUT2D eigenvalue weighted by atomic mass is 32.2. The molecular weight excluding hydrogens is 366 g/mol. The molecule has 0 aromatic heterocycles. The lowest BCUT2D eigenvalue weighted by Gasteiger charge is -2.21. The van der Waals surface area contributed by atoms with Crippen LogP contribution in [0.4, 0.5) is 5.69 Å². The van der Waals surface area contributed by atoms with Crippen LogP contribution in [0, 0.1) is 0 Å². The fourth-order valence-electron chi connectivity index (χ4n) is 2.31. The molecule has 0 bridgehead atoms. The highest BCUT2D eigenvalue weighted by Gasteiger charge is 2.23. The topological polar surface area (TPSA) is 95.6 Å². The molecule has 2 aromatic carbocycles. The SMILES string of the molecule is CNC(=O)c1cccc(NC(=O)c2ccc(S(=O)(=O)N(C)C(C)C)cc2)c1. The van der Waals surface area contributed by atoms with Crippen LogP contribution >= 0.6 is 0 Å². The van der Waals surface area contributed by atoms with Crippen molar-refractivity contribution in [2.75, 3.05) is 19.4 Å². The van der Waals surface area contributed by atoms with Crippen molar-refractivity contribution in [2.45, 2.75) is 24.8 Å². The first-order chi connectivity index (χ1) is 12.7. The van der Waals surface area contributed by atoms with Crippen LogP contribution in [0.2, 0.25) is 0 Å². The van der Waals surface area contributed by atoms with Gasteiger partial charge in [-0.1, -0.05) is 6.07 Å². The molecule has 2 amide bonds. The molecule has 0 aliphatic rings. The summed E-state index contributed by atoms with van der Waals surface area (Å²) in [5.74, 6) is -0.653. The Hall–Kier alpha value is -2.71. The van der Waals surface area contributed by atoms with Crippen LogP contribution in [0.5, 0.6) is 0 Å². The van der Waals surface area contributed by atoms with Gasteiger partial charge in [-0.15, -0.1) is 0 Å². The van der Waals surface area contributed by atoms with E-state index < -0.39 is 15.9 Å². The van der Waals surface area contributed by atoms with Gasteiger partial charge in [-0.3, -0.25) is 9.59 Å². The summed E-state index contributed by atoms with van der Waals surface area (Å²) >= 11 is 0. The maximum atomic E-state index is 12.5. The highest BCUT2D eigenvalue weighted by Crippen LogP contribution is 2.18. The molecule has 0 aliphatic carbocycles. The number of benzene rings is 2. The first-order valence-electron chi connectivity index (χ1n) is 8.38. The molecule has 0 atom stereocenters. The summed E-state index contributed by atoms with van der Waals surface area (Å²) in [6.07, 6.45) is 0. The van der Waals surface area contributed by atoms with E-state index in [1.807, 2.05) is 0 Å². The maximum absolute atomic E-state index is 12.5. The van der Waals surface area contributed by atoms with Crippen LogP contribution in [-0.2, 0) is 10.0 Å². The van der Waals surface area contributed by atoms with Crippen molar-refractivity contribution in [3.8, 4) is 0 Å². The minimum atomic E-state index is -3.60. The number of nitrogens with one attached hydrogen (secondary N) is 2. The van der Waals surface area contributed by atoms with E-state index in [0.717, 1.165) is 0 Å². The van der Waals surface area contributed by atoms with Crippen LogP contribution in [0.15, 0.2) is 53.4 Å². The Bertz CT molecular complexity index is 938. The molecule has 0 spiro atoms. The molecule has 2 aromatic rings. The second-order valence-corrected chi connectivity index (χ2v) is 8.25. The first kappa shape index (κ1) is 20.6. The lowest BCUT2D eigenvalue weighted by molar-refractivity contribution is 0.0961. The van der Waals surface area contributed by atoms with E-state index in [1.165, 1.54) is 42.7 Å². The Balaban J connectivity index is 2.18. The monoisotopic (exact) mass is 389 g/mol. The maximum Gasteiger partial charge on any atom is 0.255 e. The van der Waals surface area contributed by atoms with Crippen molar-refractivity contribution in [3.63, 3.8) is 0 Å². The molecule has 0 saturated carbocycles. The van der Waals surface area contributed by atoms with Gasteiger partial charge in [0.25, 0.3) is 11.8 Å². The number of carbonyl (C=O) groups is 2. The summed E-state index contributed by atoms with van der Waals surface area (Å²) < 4.78 is 26.2. The largest absolute Gasteiger partial charge is 0.355 e. The van der Waals surface area contributed by atoms with Crippen LogP contribution in [0.25, 0.3) is 0 Å². The first-order valence-corrected chi connectivity index (χ1v) is 9.82. The third-order valence-corrected chi connectivity index (χ3v) is 6.18. The lowest BCUT2D eigenvalue weighted by Crippen LogP contribution is -2.33. The van der Waals surface area contributed by atoms with Gasteiger partial charge in [-0.25, -0.2) is 8.42 Å². The molecule has 0 unspecified atom stereocenters. The number of amides is 2. The van der Waals surface area contributed by atoms with Crippen molar-refractivity contribution >= 4 is 27.5 Å². The number of rotatable bonds is 6. The van der Waals surface area contributed by atoms with Crippen LogP contribution < -0.4 is 10.6 Å². The van der Waals surface area contributed by atoms with Gasteiger partial charge in [0.15, 0.2) is 0 Å². The molecule has 144 valence electrons. The predicted molar refractivity (Wildman–Crippen MR) is 104 cm³/mol. The fraction of sp³-hybridized carbons (Fsp3) is 0.263.